The summed E-state index contributed by atoms with van der Waals surface area (Å²) in [4.78, 5) is 14.6. The minimum Gasteiger partial charge on any atom is -0.497 e. The van der Waals surface area contributed by atoms with Crippen LogP contribution in [0.4, 0.5) is 0 Å². The second-order valence-electron chi connectivity index (χ2n) is 7.11. The van der Waals surface area contributed by atoms with Gasteiger partial charge in [0.15, 0.2) is 0 Å². The van der Waals surface area contributed by atoms with Gasteiger partial charge >= 0.3 is 0 Å². The summed E-state index contributed by atoms with van der Waals surface area (Å²) in [6.45, 7) is 7.96. The lowest BCUT2D eigenvalue weighted by Crippen LogP contribution is -2.32. The fraction of sp³-hybridized carbons (Fsp3) is 0.500. The zero-order chi connectivity index (χ0) is 18.8. The number of nitrogens with two attached hydrogens (primary N) is 1. The Kier molecular flexibility index (Phi) is 5.32. The molecule has 1 aromatic carbocycles. The Morgan fingerprint density at radius 3 is 2.73 bits per heavy atom. The second kappa shape index (κ2) is 7.50. The van der Waals surface area contributed by atoms with Crippen molar-refractivity contribution in [1.82, 2.24) is 14.7 Å². The van der Waals surface area contributed by atoms with Crippen LogP contribution in [0.5, 0.6) is 5.75 Å². The summed E-state index contributed by atoms with van der Waals surface area (Å²) >= 11 is 0. The molecule has 0 spiro atoms. The first-order chi connectivity index (χ1) is 12.4. The third kappa shape index (κ3) is 3.60. The Morgan fingerprint density at radius 2 is 2.08 bits per heavy atom. The molecule has 1 saturated heterocycles. The molecule has 0 saturated carbocycles. The van der Waals surface area contributed by atoms with Crippen molar-refractivity contribution in [1.29, 1.82) is 0 Å². The summed E-state index contributed by atoms with van der Waals surface area (Å²) in [6, 6.07) is 7.90. The highest BCUT2D eigenvalue weighted by atomic mass is 16.5. The number of nitrogens with zero attached hydrogens (tertiary/aromatic N) is 3. The van der Waals surface area contributed by atoms with Crippen molar-refractivity contribution >= 4 is 5.91 Å². The summed E-state index contributed by atoms with van der Waals surface area (Å²) in [5.74, 6) is 1.10. The van der Waals surface area contributed by atoms with Gasteiger partial charge in [0.1, 0.15) is 5.75 Å². The van der Waals surface area contributed by atoms with Crippen molar-refractivity contribution in [3.63, 3.8) is 0 Å². The maximum Gasteiger partial charge on any atom is 0.224 e. The van der Waals surface area contributed by atoms with Gasteiger partial charge in [0.25, 0.3) is 0 Å². The van der Waals surface area contributed by atoms with Crippen LogP contribution in [0.2, 0.25) is 0 Å². The number of ether oxygens (including phenoxy) is 1. The van der Waals surface area contributed by atoms with Gasteiger partial charge in [0.2, 0.25) is 5.91 Å². The molecule has 0 bridgehead atoms. The number of aromatic nitrogens is 2. The van der Waals surface area contributed by atoms with E-state index in [1.165, 1.54) is 5.56 Å². The van der Waals surface area contributed by atoms with E-state index in [-0.39, 0.29) is 17.9 Å². The quantitative estimate of drug-likeness (QED) is 0.891. The van der Waals surface area contributed by atoms with Crippen LogP contribution >= 0.6 is 0 Å². The zero-order valence-electron chi connectivity index (χ0n) is 16.0. The molecule has 1 aliphatic rings. The van der Waals surface area contributed by atoms with Gasteiger partial charge in [-0.05, 0) is 44.0 Å². The average Bonchev–Trinajstić information content (AvgIpc) is 3.15. The summed E-state index contributed by atoms with van der Waals surface area (Å²) < 4.78 is 7.23. The van der Waals surface area contributed by atoms with Gasteiger partial charge in [-0.3, -0.25) is 9.48 Å². The SMILES string of the molecule is COc1cccc([C@H]2CN(C(=O)CCn3nc(C)c(C)c3C)C[C@@H]2N)c1. The molecular formula is C20H28N4O2. The van der Waals surface area contributed by atoms with Crippen LogP contribution in [-0.4, -0.2) is 46.8 Å². The van der Waals surface area contributed by atoms with Crippen LogP contribution in [0.3, 0.4) is 0 Å². The van der Waals surface area contributed by atoms with Crippen molar-refractivity contribution in [3.8, 4) is 5.75 Å². The molecule has 6 heteroatoms. The molecule has 0 unspecified atom stereocenters. The predicted octanol–water partition coefficient (Wildman–Crippen LogP) is 2.16. The van der Waals surface area contributed by atoms with Crippen molar-refractivity contribution in [2.75, 3.05) is 20.2 Å². The van der Waals surface area contributed by atoms with Gasteiger partial charge in [-0.15, -0.1) is 0 Å². The molecule has 0 aliphatic carbocycles. The van der Waals surface area contributed by atoms with Crippen LogP contribution in [-0.2, 0) is 11.3 Å². The first-order valence-corrected chi connectivity index (χ1v) is 9.08. The fourth-order valence-electron chi connectivity index (χ4n) is 3.62. The molecular weight excluding hydrogens is 328 g/mol. The number of rotatable bonds is 5. The van der Waals surface area contributed by atoms with Gasteiger partial charge in [0, 0.05) is 43.7 Å². The Bertz CT molecular complexity index is 799. The van der Waals surface area contributed by atoms with Crippen molar-refractivity contribution in [2.24, 2.45) is 5.73 Å². The lowest BCUT2D eigenvalue weighted by atomic mass is 9.95. The normalized spacial score (nSPS) is 19.8. The molecule has 1 aromatic heterocycles. The van der Waals surface area contributed by atoms with Crippen LogP contribution in [0.15, 0.2) is 24.3 Å². The molecule has 2 aromatic rings. The van der Waals surface area contributed by atoms with Gasteiger partial charge in [-0.2, -0.15) is 5.10 Å². The van der Waals surface area contributed by atoms with Crippen molar-refractivity contribution in [3.05, 3.63) is 46.8 Å². The molecule has 1 aliphatic heterocycles. The van der Waals surface area contributed by atoms with E-state index in [9.17, 15) is 4.79 Å². The minimum atomic E-state index is -0.0537. The molecule has 2 atom stereocenters. The van der Waals surface area contributed by atoms with E-state index in [0.29, 0.717) is 26.1 Å². The van der Waals surface area contributed by atoms with E-state index in [1.54, 1.807) is 7.11 Å². The Hall–Kier alpha value is -2.34. The molecule has 6 nitrogen and oxygen atoms in total. The lowest BCUT2D eigenvalue weighted by molar-refractivity contribution is -0.130. The maximum atomic E-state index is 12.7. The summed E-state index contributed by atoms with van der Waals surface area (Å²) in [5, 5.41) is 4.51. The highest BCUT2D eigenvalue weighted by Crippen LogP contribution is 2.29. The van der Waals surface area contributed by atoms with E-state index in [1.807, 2.05) is 41.6 Å². The lowest BCUT2D eigenvalue weighted by Gasteiger charge is -2.17. The molecule has 2 N–H and O–H groups in total. The highest BCUT2D eigenvalue weighted by Gasteiger charge is 2.33. The number of amides is 1. The van der Waals surface area contributed by atoms with E-state index < -0.39 is 0 Å². The second-order valence-corrected chi connectivity index (χ2v) is 7.11. The Morgan fingerprint density at radius 1 is 1.31 bits per heavy atom. The van der Waals surface area contributed by atoms with E-state index in [2.05, 4.69) is 18.1 Å². The summed E-state index contributed by atoms with van der Waals surface area (Å²) in [5.41, 5.74) is 10.8. The number of carbonyl (C=O) groups excluding carboxylic acids is 1. The number of carbonyl (C=O) groups is 1. The largest absolute Gasteiger partial charge is 0.497 e. The number of methoxy groups -OCH3 is 1. The number of benzene rings is 1. The third-order valence-electron chi connectivity index (χ3n) is 5.52. The number of aryl methyl sites for hydroxylation is 2. The van der Waals surface area contributed by atoms with Gasteiger partial charge in [-0.1, -0.05) is 12.1 Å². The van der Waals surface area contributed by atoms with Crippen LogP contribution in [0, 0.1) is 20.8 Å². The van der Waals surface area contributed by atoms with Crippen LogP contribution in [0.1, 0.15) is 34.9 Å². The standard InChI is InChI=1S/C20H28N4O2/c1-13-14(2)22-24(15(13)3)9-8-20(25)23-11-18(19(21)12-23)16-6-5-7-17(10-16)26-4/h5-7,10,18-19H,8-9,11-12,21H2,1-4H3/t18-,19+/m1/s1. The zero-order valence-corrected chi connectivity index (χ0v) is 16.0. The Balaban J connectivity index is 1.63. The van der Waals surface area contributed by atoms with E-state index >= 15 is 0 Å². The van der Waals surface area contributed by atoms with Gasteiger partial charge in [0.05, 0.1) is 12.8 Å². The topological polar surface area (TPSA) is 73.4 Å². The maximum absolute atomic E-state index is 12.7. The molecule has 140 valence electrons. The monoisotopic (exact) mass is 356 g/mol. The molecule has 1 fully saturated rings. The molecule has 2 heterocycles. The van der Waals surface area contributed by atoms with Gasteiger partial charge < -0.3 is 15.4 Å². The van der Waals surface area contributed by atoms with E-state index in [4.69, 9.17) is 10.5 Å². The van der Waals surface area contributed by atoms with Crippen molar-refractivity contribution in [2.45, 2.75) is 45.7 Å². The van der Waals surface area contributed by atoms with Crippen LogP contribution in [0.25, 0.3) is 0 Å². The van der Waals surface area contributed by atoms with Crippen LogP contribution < -0.4 is 10.5 Å². The summed E-state index contributed by atoms with van der Waals surface area (Å²) in [7, 11) is 1.66. The molecule has 3 rings (SSSR count). The first-order valence-electron chi connectivity index (χ1n) is 9.08. The molecule has 26 heavy (non-hydrogen) atoms. The average molecular weight is 356 g/mol. The smallest absolute Gasteiger partial charge is 0.224 e. The molecule has 0 radical (unpaired) electrons. The summed E-state index contributed by atoms with van der Waals surface area (Å²) in [6.07, 6.45) is 0.443. The van der Waals surface area contributed by atoms with Crippen molar-refractivity contribution < 1.29 is 9.53 Å². The first kappa shape index (κ1) is 18.5. The number of hydrogen-bond acceptors (Lipinski definition) is 4. The Labute approximate surface area is 154 Å². The highest BCUT2D eigenvalue weighted by molar-refractivity contribution is 5.76. The number of hydrogen-bond donors (Lipinski definition) is 1. The number of likely N-dealkylation sites (tertiary alicyclic amines) is 1. The van der Waals surface area contributed by atoms with E-state index in [0.717, 1.165) is 22.7 Å². The third-order valence-corrected chi connectivity index (χ3v) is 5.52. The van der Waals surface area contributed by atoms with Gasteiger partial charge in [-0.25, -0.2) is 0 Å². The molecule has 1 amide bonds. The predicted molar refractivity (Wildman–Crippen MR) is 101 cm³/mol. The fourth-order valence-corrected chi connectivity index (χ4v) is 3.62. The minimum absolute atomic E-state index is 0.0537.